The molecular formula is C18H21N5O. The molecule has 24 heavy (non-hydrogen) atoms. The third-order valence-electron chi connectivity index (χ3n) is 4.64. The molecule has 4 rings (SSSR count). The fourth-order valence-corrected chi connectivity index (χ4v) is 3.18. The van der Waals surface area contributed by atoms with Gasteiger partial charge in [0.25, 0.3) is 5.89 Å². The predicted molar refractivity (Wildman–Crippen MR) is 90.8 cm³/mol. The van der Waals surface area contributed by atoms with Gasteiger partial charge < -0.3 is 9.42 Å². The van der Waals surface area contributed by atoms with Crippen molar-refractivity contribution in [1.82, 2.24) is 24.8 Å². The second kappa shape index (κ2) is 6.57. The van der Waals surface area contributed by atoms with Crippen LogP contribution in [0.25, 0.3) is 17.1 Å². The summed E-state index contributed by atoms with van der Waals surface area (Å²) in [6.45, 7) is 2.31. The molecule has 0 unspecified atom stereocenters. The van der Waals surface area contributed by atoms with E-state index in [0.29, 0.717) is 11.8 Å². The van der Waals surface area contributed by atoms with Crippen molar-refractivity contribution < 1.29 is 4.52 Å². The van der Waals surface area contributed by atoms with Crippen LogP contribution in [0.3, 0.4) is 0 Å². The quantitative estimate of drug-likeness (QED) is 0.739. The molecule has 0 atom stereocenters. The van der Waals surface area contributed by atoms with Crippen molar-refractivity contribution >= 4 is 0 Å². The third kappa shape index (κ3) is 3.23. The van der Waals surface area contributed by atoms with Gasteiger partial charge in [-0.05, 0) is 63.2 Å². The van der Waals surface area contributed by atoms with Gasteiger partial charge in [0.1, 0.15) is 0 Å². The summed E-state index contributed by atoms with van der Waals surface area (Å²) in [6, 6.07) is 9.89. The maximum Gasteiger partial charge on any atom is 0.257 e. The SMILES string of the molecule is CN1CCC(Cc2noc(-c3cccc(-n4cccn4)c3)n2)CC1. The lowest BCUT2D eigenvalue weighted by molar-refractivity contribution is 0.216. The fraction of sp³-hybridized carbons (Fsp3) is 0.389. The van der Waals surface area contributed by atoms with Crippen LogP contribution in [0.4, 0.5) is 0 Å². The molecule has 1 aliphatic heterocycles. The highest BCUT2D eigenvalue weighted by atomic mass is 16.5. The average molecular weight is 323 g/mol. The highest BCUT2D eigenvalue weighted by Crippen LogP contribution is 2.23. The molecule has 0 spiro atoms. The van der Waals surface area contributed by atoms with Crippen LogP contribution in [0.1, 0.15) is 18.7 Å². The van der Waals surface area contributed by atoms with Gasteiger partial charge in [0.2, 0.25) is 0 Å². The van der Waals surface area contributed by atoms with E-state index in [1.54, 1.807) is 6.20 Å². The van der Waals surface area contributed by atoms with E-state index in [2.05, 4.69) is 27.2 Å². The first-order valence-electron chi connectivity index (χ1n) is 8.39. The summed E-state index contributed by atoms with van der Waals surface area (Å²) in [7, 11) is 2.18. The number of aromatic nitrogens is 4. The fourth-order valence-electron chi connectivity index (χ4n) is 3.18. The van der Waals surface area contributed by atoms with Gasteiger partial charge in [-0.15, -0.1) is 0 Å². The van der Waals surface area contributed by atoms with Crippen LogP contribution in [0.2, 0.25) is 0 Å². The van der Waals surface area contributed by atoms with E-state index >= 15 is 0 Å². The first-order valence-corrected chi connectivity index (χ1v) is 8.39. The van der Waals surface area contributed by atoms with Crippen molar-refractivity contribution in [2.75, 3.05) is 20.1 Å². The monoisotopic (exact) mass is 323 g/mol. The lowest BCUT2D eigenvalue weighted by atomic mass is 9.94. The van der Waals surface area contributed by atoms with Crippen molar-refractivity contribution in [3.05, 3.63) is 48.5 Å². The minimum absolute atomic E-state index is 0.576. The lowest BCUT2D eigenvalue weighted by Gasteiger charge is -2.27. The largest absolute Gasteiger partial charge is 0.334 e. The summed E-state index contributed by atoms with van der Waals surface area (Å²) in [5.74, 6) is 2.04. The summed E-state index contributed by atoms with van der Waals surface area (Å²) < 4.78 is 7.30. The van der Waals surface area contributed by atoms with E-state index in [0.717, 1.165) is 36.6 Å². The van der Waals surface area contributed by atoms with E-state index in [1.165, 1.54) is 12.8 Å². The molecule has 0 aliphatic carbocycles. The van der Waals surface area contributed by atoms with Gasteiger partial charge in [-0.3, -0.25) is 0 Å². The molecule has 3 heterocycles. The topological polar surface area (TPSA) is 60.0 Å². The van der Waals surface area contributed by atoms with E-state index < -0.39 is 0 Å². The van der Waals surface area contributed by atoms with Crippen LogP contribution in [0.5, 0.6) is 0 Å². The zero-order chi connectivity index (χ0) is 16.4. The second-order valence-electron chi connectivity index (χ2n) is 6.47. The molecule has 0 N–H and O–H groups in total. The first-order chi connectivity index (χ1) is 11.8. The highest BCUT2D eigenvalue weighted by Gasteiger charge is 2.20. The third-order valence-corrected chi connectivity index (χ3v) is 4.64. The Bertz CT molecular complexity index is 787. The Labute approximate surface area is 141 Å². The molecule has 1 fully saturated rings. The number of hydrogen-bond acceptors (Lipinski definition) is 5. The molecule has 0 radical (unpaired) electrons. The first kappa shape index (κ1) is 15.1. The summed E-state index contributed by atoms with van der Waals surface area (Å²) in [5.41, 5.74) is 1.90. The number of rotatable bonds is 4. The van der Waals surface area contributed by atoms with Crippen molar-refractivity contribution in [3.63, 3.8) is 0 Å². The van der Waals surface area contributed by atoms with Crippen LogP contribution in [0, 0.1) is 5.92 Å². The van der Waals surface area contributed by atoms with Gasteiger partial charge in [-0.2, -0.15) is 10.1 Å². The van der Waals surface area contributed by atoms with Crippen molar-refractivity contribution in [3.8, 4) is 17.1 Å². The minimum atomic E-state index is 0.576. The van der Waals surface area contributed by atoms with E-state index in [1.807, 2.05) is 41.2 Å². The molecule has 1 saturated heterocycles. The maximum absolute atomic E-state index is 5.48. The Kier molecular flexibility index (Phi) is 4.13. The molecule has 0 amide bonds. The van der Waals surface area contributed by atoms with Gasteiger partial charge in [-0.1, -0.05) is 11.2 Å². The standard InChI is InChI=1S/C18H21N5O/c1-22-10-6-14(7-11-22)12-17-20-18(24-21-17)15-4-2-5-16(13-15)23-9-3-8-19-23/h2-5,8-9,13-14H,6-7,10-12H2,1H3. The van der Waals surface area contributed by atoms with Crippen LogP contribution in [0.15, 0.2) is 47.2 Å². The molecule has 124 valence electrons. The normalized spacial score (nSPS) is 16.5. The summed E-state index contributed by atoms with van der Waals surface area (Å²) in [4.78, 5) is 6.97. The van der Waals surface area contributed by atoms with Crippen molar-refractivity contribution in [1.29, 1.82) is 0 Å². The Hall–Kier alpha value is -2.47. The van der Waals surface area contributed by atoms with Gasteiger partial charge in [0.05, 0.1) is 5.69 Å². The summed E-state index contributed by atoms with van der Waals surface area (Å²) in [5, 5.41) is 8.43. The Balaban J connectivity index is 1.49. The van der Waals surface area contributed by atoms with Gasteiger partial charge in [0.15, 0.2) is 5.82 Å². The molecular weight excluding hydrogens is 302 g/mol. The smallest absolute Gasteiger partial charge is 0.257 e. The van der Waals surface area contributed by atoms with E-state index in [4.69, 9.17) is 4.52 Å². The highest BCUT2D eigenvalue weighted by molar-refractivity contribution is 5.57. The van der Waals surface area contributed by atoms with Gasteiger partial charge in [0, 0.05) is 24.4 Å². The average Bonchev–Trinajstić information content (AvgIpc) is 3.29. The molecule has 0 saturated carbocycles. The maximum atomic E-state index is 5.48. The number of piperidine rings is 1. The molecule has 3 aromatic rings. The second-order valence-corrected chi connectivity index (χ2v) is 6.47. The summed E-state index contributed by atoms with van der Waals surface area (Å²) >= 11 is 0. The van der Waals surface area contributed by atoms with E-state index in [9.17, 15) is 0 Å². The Morgan fingerprint density at radius 3 is 2.88 bits per heavy atom. The van der Waals surface area contributed by atoms with Crippen LogP contribution >= 0.6 is 0 Å². The summed E-state index contributed by atoms with van der Waals surface area (Å²) in [6.07, 6.45) is 6.98. The van der Waals surface area contributed by atoms with Crippen LogP contribution < -0.4 is 0 Å². The zero-order valence-corrected chi connectivity index (χ0v) is 13.8. The molecule has 2 aromatic heterocycles. The zero-order valence-electron chi connectivity index (χ0n) is 13.8. The number of likely N-dealkylation sites (tertiary alicyclic amines) is 1. The Morgan fingerprint density at radius 1 is 1.21 bits per heavy atom. The molecule has 6 nitrogen and oxygen atoms in total. The van der Waals surface area contributed by atoms with E-state index in [-0.39, 0.29) is 0 Å². The van der Waals surface area contributed by atoms with Gasteiger partial charge >= 0.3 is 0 Å². The van der Waals surface area contributed by atoms with Gasteiger partial charge in [-0.25, -0.2) is 4.68 Å². The lowest BCUT2D eigenvalue weighted by Crippen LogP contribution is -2.31. The van der Waals surface area contributed by atoms with Crippen molar-refractivity contribution in [2.24, 2.45) is 5.92 Å². The molecule has 1 aliphatic rings. The predicted octanol–water partition coefficient (Wildman–Crippen LogP) is 2.81. The van der Waals surface area contributed by atoms with Crippen LogP contribution in [-0.4, -0.2) is 45.0 Å². The molecule has 1 aromatic carbocycles. The Morgan fingerprint density at radius 2 is 2.08 bits per heavy atom. The van der Waals surface area contributed by atoms with Crippen molar-refractivity contribution in [2.45, 2.75) is 19.3 Å². The number of benzene rings is 1. The minimum Gasteiger partial charge on any atom is -0.334 e. The molecule has 0 bridgehead atoms. The number of hydrogen-bond donors (Lipinski definition) is 0. The van der Waals surface area contributed by atoms with Crippen LogP contribution in [-0.2, 0) is 6.42 Å². The number of nitrogens with zero attached hydrogens (tertiary/aromatic N) is 5. The molecule has 6 heteroatoms.